The number of benzene rings is 2. The molecule has 2 aliphatic rings. The molecule has 0 radical (unpaired) electrons. The van der Waals surface area contributed by atoms with Crippen LogP contribution in [0, 0.1) is 18.3 Å². The van der Waals surface area contributed by atoms with Crippen molar-refractivity contribution in [3.63, 3.8) is 0 Å². The highest BCUT2D eigenvalue weighted by Crippen LogP contribution is 2.65. The van der Waals surface area contributed by atoms with Crippen LogP contribution >= 0.6 is 0 Å². The Morgan fingerprint density at radius 1 is 1.05 bits per heavy atom. The summed E-state index contributed by atoms with van der Waals surface area (Å²) in [5, 5.41) is 42.5. The van der Waals surface area contributed by atoms with Gasteiger partial charge < -0.3 is 14.9 Å². The van der Waals surface area contributed by atoms with Gasteiger partial charge in [-0.1, -0.05) is 6.07 Å². The molecular weight excluding hydrogens is 468 g/mol. The van der Waals surface area contributed by atoms with Crippen LogP contribution in [0.1, 0.15) is 48.4 Å². The lowest BCUT2D eigenvalue weighted by Crippen LogP contribution is -2.25. The van der Waals surface area contributed by atoms with Crippen molar-refractivity contribution in [2.45, 2.75) is 50.9 Å². The molecule has 2 aromatic carbocycles. The van der Waals surface area contributed by atoms with Gasteiger partial charge in [-0.3, -0.25) is 9.55 Å². The van der Waals surface area contributed by atoms with Crippen molar-refractivity contribution in [3.05, 3.63) is 70.9 Å². The summed E-state index contributed by atoms with van der Waals surface area (Å²) >= 11 is 0. The van der Waals surface area contributed by atoms with Gasteiger partial charge >= 0.3 is 0 Å². The standard InChI is InChI=1S/C28H24N6O3/c1-16-5-7-19-20(14-16)32-33(31-19)13-11-28-10-9-27(2,37-28)22-23(28)26(36)34(25(22)35)21-8-6-17(15-29)24-18(21)4-3-12-30-24/h3-8,12,14,35-36H,9-11,13H2,1-2H3/t27-,28-/m0/s1. The van der Waals surface area contributed by atoms with Gasteiger partial charge in [0.2, 0.25) is 11.8 Å². The SMILES string of the molecule is Cc1ccc2nn(CC[C@]34CC[C@](C)(O3)c3c4c(O)n(-c4ccc(C#N)c5ncccc45)c3O)nc2c1. The van der Waals surface area contributed by atoms with Crippen molar-refractivity contribution in [2.24, 2.45) is 0 Å². The third kappa shape index (κ3) is 2.90. The number of nitrogens with zero attached hydrogens (tertiary/aromatic N) is 6. The van der Waals surface area contributed by atoms with E-state index < -0.39 is 11.2 Å². The summed E-state index contributed by atoms with van der Waals surface area (Å²) in [5.41, 5.74) is 4.05. The molecule has 2 bridgehead atoms. The van der Waals surface area contributed by atoms with E-state index in [-0.39, 0.29) is 11.8 Å². The van der Waals surface area contributed by atoms with Gasteiger partial charge in [0.25, 0.3) is 0 Å². The van der Waals surface area contributed by atoms with Crippen LogP contribution in [-0.2, 0) is 22.5 Å². The second-order valence-electron chi connectivity index (χ2n) is 10.2. The first-order valence-electron chi connectivity index (χ1n) is 12.3. The zero-order chi connectivity index (χ0) is 25.5. The molecule has 184 valence electrons. The number of aryl methyl sites for hydroxylation is 2. The fraction of sp³-hybridized carbons (Fsp3) is 0.286. The largest absolute Gasteiger partial charge is 0.494 e. The Hall–Kier alpha value is -4.42. The van der Waals surface area contributed by atoms with Gasteiger partial charge in [0.15, 0.2) is 0 Å². The second-order valence-corrected chi connectivity index (χ2v) is 10.2. The maximum absolute atomic E-state index is 11.6. The Morgan fingerprint density at radius 2 is 1.86 bits per heavy atom. The number of ether oxygens (including phenoxy) is 1. The van der Waals surface area contributed by atoms with Gasteiger partial charge in [-0.2, -0.15) is 20.3 Å². The van der Waals surface area contributed by atoms with Crippen molar-refractivity contribution >= 4 is 21.9 Å². The Balaban J connectivity index is 1.34. The first kappa shape index (κ1) is 21.8. The molecule has 5 aromatic rings. The Bertz CT molecular complexity index is 1800. The van der Waals surface area contributed by atoms with Crippen LogP contribution in [0.25, 0.3) is 27.6 Å². The van der Waals surface area contributed by atoms with E-state index >= 15 is 0 Å². The molecule has 7 rings (SSSR count). The fourth-order valence-corrected chi connectivity index (χ4v) is 6.23. The molecule has 0 saturated carbocycles. The van der Waals surface area contributed by atoms with E-state index in [4.69, 9.17) is 4.74 Å². The van der Waals surface area contributed by atoms with Crippen molar-refractivity contribution < 1.29 is 14.9 Å². The molecule has 5 heterocycles. The zero-order valence-electron chi connectivity index (χ0n) is 20.4. The molecular formula is C28H24N6O3. The molecule has 2 atom stereocenters. The highest BCUT2D eigenvalue weighted by atomic mass is 16.5. The molecule has 9 nitrogen and oxygen atoms in total. The molecule has 1 saturated heterocycles. The normalized spacial score (nSPS) is 22.1. The lowest BCUT2D eigenvalue weighted by molar-refractivity contribution is -0.0858. The third-order valence-corrected chi connectivity index (χ3v) is 7.93. The number of aromatic nitrogens is 5. The zero-order valence-corrected chi connectivity index (χ0v) is 20.4. The molecule has 2 N–H and O–H groups in total. The predicted molar refractivity (Wildman–Crippen MR) is 135 cm³/mol. The van der Waals surface area contributed by atoms with Crippen molar-refractivity contribution in [1.29, 1.82) is 5.26 Å². The smallest absolute Gasteiger partial charge is 0.205 e. The molecule has 1 fully saturated rings. The number of hydrogen-bond donors (Lipinski definition) is 2. The predicted octanol–water partition coefficient (Wildman–Crippen LogP) is 4.69. The quantitative estimate of drug-likeness (QED) is 0.373. The number of rotatable bonds is 4. The highest BCUT2D eigenvalue weighted by Gasteiger charge is 2.61. The minimum atomic E-state index is -0.771. The summed E-state index contributed by atoms with van der Waals surface area (Å²) in [6, 6.07) is 15.2. The van der Waals surface area contributed by atoms with Gasteiger partial charge in [-0.15, -0.1) is 0 Å². The van der Waals surface area contributed by atoms with Crippen LogP contribution in [0.3, 0.4) is 0 Å². The molecule has 37 heavy (non-hydrogen) atoms. The third-order valence-electron chi connectivity index (χ3n) is 7.93. The van der Waals surface area contributed by atoms with Crippen LogP contribution in [0.15, 0.2) is 48.7 Å². The fourth-order valence-electron chi connectivity index (χ4n) is 6.23. The Kier molecular flexibility index (Phi) is 4.31. The molecule has 3 aromatic heterocycles. The second kappa shape index (κ2) is 7.31. The monoisotopic (exact) mass is 492 g/mol. The number of nitriles is 1. The van der Waals surface area contributed by atoms with Gasteiger partial charge in [0, 0.05) is 18.0 Å². The number of aromatic hydroxyl groups is 2. The van der Waals surface area contributed by atoms with Gasteiger partial charge in [-0.05, 0) is 68.7 Å². The molecule has 0 aliphatic carbocycles. The van der Waals surface area contributed by atoms with Crippen LogP contribution < -0.4 is 0 Å². The van der Waals surface area contributed by atoms with Crippen LogP contribution in [0.4, 0.5) is 0 Å². The lowest BCUT2D eigenvalue weighted by Gasteiger charge is -2.26. The average molecular weight is 493 g/mol. The minimum absolute atomic E-state index is 0.0511. The van der Waals surface area contributed by atoms with Gasteiger partial charge in [-0.25, -0.2) is 0 Å². The Labute approximate surface area is 212 Å². The van der Waals surface area contributed by atoms with Crippen molar-refractivity contribution in [3.8, 4) is 23.5 Å². The maximum atomic E-state index is 11.6. The molecule has 2 aliphatic heterocycles. The molecule has 0 spiro atoms. The Morgan fingerprint density at radius 3 is 2.70 bits per heavy atom. The van der Waals surface area contributed by atoms with Gasteiger partial charge in [0.05, 0.1) is 40.0 Å². The average Bonchev–Trinajstić information content (AvgIpc) is 3.60. The van der Waals surface area contributed by atoms with E-state index in [9.17, 15) is 15.5 Å². The van der Waals surface area contributed by atoms with Crippen LogP contribution in [-0.4, -0.2) is 34.8 Å². The maximum Gasteiger partial charge on any atom is 0.205 e. The molecule has 0 amide bonds. The first-order chi connectivity index (χ1) is 17.8. The summed E-state index contributed by atoms with van der Waals surface area (Å²) < 4.78 is 8.05. The summed E-state index contributed by atoms with van der Waals surface area (Å²) in [6.45, 7) is 4.49. The number of hydrogen-bond acceptors (Lipinski definition) is 7. The highest BCUT2D eigenvalue weighted by molar-refractivity contribution is 5.92. The van der Waals surface area contributed by atoms with E-state index in [0.29, 0.717) is 52.7 Å². The summed E-state index contributed by atoms with van der Waals surface area (Å²) in [5.74, 6) is -0.107. The summed E-state index contributed by atoms with van der Waals surface area (Å²) in [7, 11) is 0. The number of pyridine rings is 1. The summed E-state index contributed by atoms with van der Waals surface area (Å²) in [4.78, 5) is 6.06. The topological polar surface area (TPSA) is 122 Å². The van der Waals surface area contributed by atoms with E-state index in [1.165, 1.54) is 4.57 Å². The van der Waals surface area contributed by atoms with E-state index in [2.05, 4.69) is 21.3 Å². The van der Waals surface area contributed by atoms with Crippen LogP contribution in [0.5, 0.6) is 11.8 Å². The lowest BCUT2D eigenvalue weighted by atomic mass is 9.78. The van der Waals surface area contributed by atoms with E-state index in [1.54, 1.807) is 29.2 Å². The van der Waals surface area contributed by atoms with E-state index in [1.807, 2.05) is 38.1 Å². The molecule has 0 unspecified atom stereocenters. The molecule has 9 heteroatoms. The van der Waals surface area contributed by atoms with Crippen molar-refractivity contribution in [1.82, 2.24) is 24.5 Å². The summed E-state index contributed by atoms with van der Waals surface area (Å²) in [6.07, 6.45) is 3.60. The minimum Gasteiger partial charge on any atom is -0.494 e. The van der Waals surface area contributed by atoms with E-state index in [0.717, 1.165) is 23.0 Å². The first-order valence-corrected chi connectivity index (χ1v) is 12.3. The number of fused-ring (bicyclic) bond motifs is 7. The van der Waals surface area contributed by atoms with Gasteiger partial charge in [0.1, 0.15) is 22.7 Å². The van der Waals surface area contributed by atoms with Crippen LogP contribution in [0.2, 0.25) is 0 Å². The van der Waals surface area contributed by atoms with Crippen molar-refractivity contribution in [2.75, 3.05) is 0 Å².